The van der Waals surface area contributed by atoms with Crippen LogP contribution in [0.3, 0.4) is 0 Å². The second kappa shape index (κ2) is 7.08. The van der Waals surface area contributed by atoms with Crippen molar-refractivity contribution in [1.82, 2.24) is 4.72 Å². The molecule has 130 valence electrons. The molecule has 2 rings (SSSR count). The molecule has 2 aromatic carbocycles. The topological polar surface area (TPSA) is 46.2 Å². The first-order valence-electron chi connectivity index (χ1n) is 8.35. The van der Waals surface area contributed by atoms with Gasteiger partial charge in [-0.25, -0.2) is 13.1 Å². The standard InChI is InChI=1S/C20H27NO2S/c1-6-16-7-13-19(14-8-16)24(22,23)21-15(2)17-9-11-18(12-10-17)20(3,4)5/h7-15,21H,6H2,1-5H3. The van der Waals surface area contributed by atoms with Crippen LogP contribution in [0.25, 0.3) is 0 Å². The third-order valence-corrected chi connectivity index (χ3v) is 5.81. The van der Waals surface area contributed by atoms with E-state index in [0.29, 0.717) is 4.90 Å². The lowest BCUT2D eigenvalue weighted by Gasteiger charge is -2.20. The van der Waals surface area contributed by atoms with E-state index >= 15 is 0 Å². The predicted octanol–water partition coefficient (Wildman–Crippen LogP) is 4.59. The second-order valence-electron chi connectivity index (χ2n) is 7.21. The number of rotatable bonds is 5. The zero-order valence-corrected chi connectivity index (χ0v) is 15.9. The molecule has 0 spiro atoms. The molecule has 4 heteroatoms. The van der Waals surface area contributed by atoms with Crippen LogP contribution >= 0.6 is 0 Å². The smallest absolute Gasteiger partial charge is 0.207 e. The Bertz CT molecular complexity index is 770. The van der Waals surface area contributed by atoms with Crippen LogP contribution in [0.1, 0.15) is 57.4 Å². The van der Waals surface area contributed by atoms with Crippen molar-refractivity contribution in [2.45, 2.75) is 57.4 Å². The van der Waals surface area contributed by atoms with Gasteiger partial charge in [-0.1, -0.05) is 64.1 Å². The van der Waals surface area contributed by atoms with Gasteiger partial charge in [0.15, 0.2) is 0 Å². The first kappa shape index (κ1) is 18.7. The molecule has 1 atom stereocenters. The SMILES string of the molecule is CCc1ccc(S(=O)(=O)NC(C)c2ccc(C(C)(C)C)cc2)cc1. The van der Waals surface area contributed by atoms with E-state index in [2.05, 4.69) is 37.6 Å². The normalized spacial score (nSPS) is 13.7. The van der Waals surface area contributed by atoms with E-state index in [4.69, 9.17) is 0 Å². The Kier molecular flexibility index (Phi) is 5.51. The van der Waals surface area contributed by atoms with Gasteiger partial charge < -0.3 is 0 Å². The Balaban J connectivity index is 2.16. The van der Waals surface area contributed by atoms with Crippen LogP contribution < -0.4 is 4.72 Å². The summed E-state index contributed by atoms with van der Waals surface area (Å²) in [6, 6.07) is 14.9. The summed E-state index contributed by atoms with van der Waals surface area (Å²) in [4.78, 5) is 0.304. The number of benzene rings is 2. The van der Waals surface area contributed by atoms with Crippen molar-refractivity contribution < 1.29 is 8.42 Å². The van der Waals surface area contributed by atoms with E-state index in [1.165, 1.54) is 5.56 Å². The quantitative estimate of drug-likeness (QED) is 0.862. The highest BCUT2D eigenvalue weighted by Crippen LogP contribution is 2.24. The van der Waals surface area contributed by atoms with Crippen LogP contribution in [0.5, 0.6) is 0 Å². The minimum Gasteiger partial charge on any atom is -0.207 e. The molecule has 0 aliphatic heterocycles. The van der Waals surface area contributed by atoms with Crippen molar-refractivity contribution in [2.24, 2.45) is 0 Å². The van der Waals surface area contributed by atoms with Gasteiger partial charge in [-0.05, 0) is 47.6 Å². The summed E-state index contributed by atoms with van der Waals surface area (Å²) in [5.74, 6) is 0. The fraction of sp³-hybridized carbons (Fsp3) is 0.400. The monoisotopic (exact) mass is 345 g/mol. The van der Waals surface area contributed by atoms with Crippen LogP contribution in [0.4, 0.5) is 0 Å². The summed E-state index contributed by atoms with van der Waals surface area (Å²) < 4.78 is 27.8. The minimum atomic E-state index is -3.52. The Morgan fingerprint density at radius 3 is 1.96 bits per heavy atom. The van der Waals surface area contributed by atoms with Crippen molar-refractivity contribution in [2.75, 3.05) is 0 Å². The highest BCUT2D eigenvalue weighted by Gasteiger charge is 2.19. The summed E-state index contributed by atoms with van der Waals surface area (Å²) in [6.07, 6.45) is 0.893. The number of hydrogen-bond acceptors (Lipinski definition) is 2. The molecule has 0 aliphatic rings. The lowest BCUT2D eigenvalue weighted by molar-refractivity contribution is 0.565. The summed E-state index contributed by atoms with van der Waals surface area (Å²) >= 11 is 0. The molecule has 1 unspecified atom stereocenters. The summed E-state index contributed by atoms with van der Waals surface area (Å²) in [7, 11) is -3.52. The van der Waals surface area contributed by atoms with Gasteiger partial charge in [-0.3, -0.25) is 0 Å². The molecule has 0 radical (unpaired) electrons. The van der Waals surface area contributed by atoms with Crippen molar-refractivity contribution in [3.05, 3.63) is 65.2 Å². The van der Waals surface area contributed by atoms with Crippen LogP contribution in [-0.4, -0.2) is 8.42 Å². The number of nitrogens with one attached hydrogen (secondary N) is 1. The van der Waals surface area contributed by atoms with Crippen molar-refractivity contribution in [3.8, 4) is 0 Å². The van der Waals surface area contributed by atoms with Crippen molar-refractivity contribution >= 4 is 10.0 Å². The van der Waals surface area contributed by atoms with Gasteiger partial charge in [0.05, 0.1) is 4.90 Å². The zero-order chi connectivity index (χ0) is 18.0. The number of aryl methyl sites for hydroxylation is 1. The van der Waals surface area contributed by atoms with Gasteiger partial charge in [-0.2, -0.15) is 0 Å². The van der Waals surface area contributed by atoms with E-state index in [0.717, 1.165) is 17.5 Å². The Morgan fingerprint density at radius 2 is 1.50 bits per heavy atom. The molecule has 0 saturated carbocycles. The lowest BCUT2D eigenvalue weighted by atomic mass is 9.86. The van der Waals surface area contributed by atoms with Gasteiger partial charge in [0.1, 0.15) is 0 Å². The maximum absolute atomic E-state index is 12.5. The molecule has 0 aromatic heterocycles. The largest absolute Gasteiger partial charge is 0.241 e. The fourth-order valence-corrected chi connectivity index (χ4v) is 3.78. The summed E-state index contributed by atoms with van der Waals surface area (Å²) in [6.45, 7) is 10.4. The molecule has 0 amide bonds. The average molecular weight is 346 g/mol. The molecule has 0 saturated heterocycles. The van der Waals surface area contributed by atoms with Crippen LogP contribution in [0.15, 0.2) is 53.4 Å². The first-order chi connectivity index (χ1) is 11.1. The first-order valence-corrected chi connectivity index (χ1v) is 9.83. The second-order valence-corrected chi connectivity index (χ2v) is 8.93. The lowest BCUT2D eigenvalue weighted by Crippen LogP contribution is -2.27. The molecule has 0 aliphatic carbocycles. The third-order valence-electron chi connectivity index (χ3n) is 4.25. The molecule has 24 heavy (non-hydrogen) atoms. The summed E-state index contributed by atoms with van der Waals surface area (Å²) in [5, 5.41) is 0. The van der Waals surface area contributed by atoms with E-state index in [1.54, 1.807) is 12.1 Å². The molecule has 0 bridgehead atoms. The van der Waals surface area contributed by atoms with Crippen LogP contribution in [0.2, 0.25) is 0 Å². The van der Waals surface area contributed by atoms with Crippen molar-refractivity contribution in [1.29, 1.82) is 0 Å². The molecular weight excluding hydrogens is 318 g/mol. The average Bonchev–Trinajstić information content (AvgIpc) is 2.54. The van der Waals surface area contributed by atoms with Crippen LogP contribution in [0, 0.1) is 0 Å². The highest BCUT2D eigenvalue weighted by molar-refractivity contribution is 7.89. The van der Waals surface area contributed by atoms with Crippen LogP contribution in [-0.2, 0) is 21.9 Å². The van der Waals surface area contributed by atoms with Crippen molar-refractivity contribution in [3.63, 3.8) is 0 Å². The Hall–Kier alpha value is -1.65. The minimum absolute atomic E-state index is 0.0856. The maximum atomic E-state index is 12.5. The maximum Gasteiger partial charge on any atom is 0.241 e. The van der Waals surface area contributed by atoms with E-state index < -0.39 is 10.0 Å². The third kappa shape index (κ3) is 4.46. The number of sulfonamides is 1. The molecule has 0 fully saturated rings. The van der Waals surface area contributed by atoms with Gasteiger partial charge in [-0.15, -0.1) is 0 Å². The molecule has 0 heterocycles. The fourth-order valence-electron chi connectivity index (χ4n) is 2.54. The molecule has 2 aromatic rings. The predicted molar refractivity (Wildman–Crippen MR) is 99.7 cm³/mol. The highest BCUT2D eigenvalue weighted by atomic mass is 32.2. The van der Waals surface area contributed by atoms with Gasteiger partial charge in [0, 0.05) is 6.04 Å². The number of hydrogen-bond donors (Lipinski definition) is 1. The Labute approximate surface area is 146 Å². The van der Waals surface area contributed by atoms with Gasteiger partial charge in [0.25, 0.3) is 0 Å². The van der Waals surface area contributed by atoms with E-state index in [-0.39, 0.29) is 11.5 Å². The van der Waals surface area contributed by atoms with Gasteiger partial charge in [0.2, 0.25) is 10.0 Å². The molecule has 3 nitrogen and oxygen atoms in total. The van der Waals surface area contributed by atoms with Gasteiger partial charge >= 0.3 is 0 Å². The summed E-state index contributed by atoms with van der Waals surface area (Å²) in [5.41, 5.74) is 3.40. The van der Waals surface area contributed by atoms with E-state index in [9.17, 15) is 8.42 Å². The molecule has 1 N–H and O–H groups in total. The molecular formula is C20H27NO2S. The Morgan fingerprint density at radius 1 is 0.958 bits per heavy atom. The zero-order valence-electron chi connectivity index (χ0n) is 15.1. The van der Waals surface area contributed by atoms with E-state index in [1.807, 2.05) is 38.1 Å².